The van der Waals surface area contributed by atoms with Gasteiger partial charge in [-0.25, -0.2) is 0 Å². The van der Waals surface area contributed by atoms with Crippen molar-refractivity contribution in [3.05, 3.63) is 69.7 Å². The van der Waals surface area contributed by atoms with Crippen LogP contribution in [0.2, 0.25) is 10.0 Å². The van der Waals surface area contributed by atoms with Crippen LogP contribution in [0.25, 0.3) is 0 Å². The molecule has 0 saturated heterocycles. The lowest BCUT2D eigenvalue weighted by molar-refractivity contribution is 0.0991. The highest BCUT2D eigenvalue weighted by Gasteiger charge is 2.19. The Morgan fingerprint density at radius 3 is 2.28 bits per heavy atom. The van der Waals surface area contributed by atoms with E-state index in [1.165, 1.54) is 0 Å². The van der Waals surface area contributed by atoms with Gasteiger partial charge in [0.15, 0.2) is 5.78 Å². The zero-order valence-electron chi connectivity index (χ0n) is 9.24. The second-order valence-corrected chi connectivity index (χ2v) is 5.50. The Morgan fingerprint density at radius 2 is 1.67 bits per heavy atom. The fraction of sp³-hybridized carbons (Fsp3) is 0.0714. The Morgan fingerprint density at radius 1 is 1.00 bits per heavy atom. The van der Waals surface area contributed by atoms with Crippen LogP contribution in [0, 0.1) is 0 Å². The van der Waals surface area contributed by atoms with E-state index >= 15 is 0 Å². The van der Waals surface area contributed by atoms with E-state index in [-0.39, 0.29) is 10.6 Å². The summed E-state index contributed by atoms with van der Waals surface area (Å²) in [6.07, 6.45) is 0. The summed E-state index contributed by atoms with van der Waals surface area (Å²) in [5, 5.41) is 0.828. The maximum absolute atomic E-state index is 12.3. The average Bonchev–Trinajstić information content (AvgIpc) is 2.41. The number of halogens is 3. The molecule has 92 valence electrons. The van der Waals surface area contributed by atoms with E-state index in [4.69, 9.17) is 23.2 Å². The topological polar surface area (TPSA) is 17.1 Å². The molecule has 18 heavy (non-hydrogen) atoms. The van der Waals surface area contributed by atoms with Crippen molar-refractivity contribution in [2.45, 2.75) is 4.83 Å². The summed E-state index contributed by atoms with van der Waals surface area (Å²) >= 11 is 15.1. The molecule has 2 aromatic rings. The van der Waals surface area contributed by atoms with Gasteiger partial charge in [0.05, 0.1) is 10.0 Å². The fourth-order valence-corrected chi connectivity index (χ4v) is 2.44. The highest BCUT2D eigenvalue weighted by Crippen LogP contribution is 2.29. The number of hydrogen-bond donors (Lipinski definition) is 0. The lowest BCUT2D eigenvalue weighted by atomic mass is 10.0. The third-order valence-electron chi connectivity index (χ3n) is 2.53. The summed E-state index contributed by atoms with van der Waals surface area (Å²) in [7, 11) is 0. The quantitative estimate of drug-likeness (QED) is 0.545. The van der Waals surface area contributed by atoms with Crippen LogP contribution >= 0.6 is 39.1 Å². The third kappa shape index (κ3) is 2.94. The Kier molecular flexibility index (Phi) is 4.44. The molecule has 0 fully saturated rings. The Labute approximate surface area is 124 Å². The van der Waals surface area contributed by atoms with Crippen molar-refractivity contribution in [3.63, 3.8) is 0 Å². The van der Waals surface area contributed by atoms with Crippen LogP contribution in [0.1, 0.15) is 20.7 Å². The zero-order chi connectivity index (χ0) is 13.1. The first-order valence-electron chi connectivity index (χ1n) is 5.28. The van der Waals surface area contributed by atoms with Gasteiger partial charge in [-0.3, -0.25) is 4.79 Å². The van der Waals surface area contributed by atoms with Crippen LogP contribution in [0.5, 0.6) is 0 Å². The van der Waals surface area contributed by atoms with Gasteiger partial charge in [-0.1, -0.05) is 69.5 Å². The molecule has 0 N–H and O–H groups in total. The Bertz CT molecular complexity index is 569. The first kappa shape index (κ1) is 13.6. The average molecular weight is 344 g/mol. The molecule has 1 nitrogen and oxygen atoms in total. The summed E-state index contributed by atoms with van der Waals surface area (Å²) in [6.45, 7) is 0. The maximum atomic E-state index is 12.3. The molecule has 1 atom stereocenters. The summed E-state index contributed by atoms with van der Waals surface area (Å²) < 4.78 is 0. The van der Waals surface area contributed by atoms with Gasteiger partial charge in [-0.2, -0.15) is 0 Å². The van der Waals surface area contributed by atoms with E-state index in [0.717, 1.165) is 5.56 Å². The monoisotopic (exact) mass is 342 g/mol. The lowest BCUT2D eigenvalue weighted by Crippen LogP contribution is -2.06. The molecular formula is C14H9BrCl2O. The van der Waals surface area contributed by atoms with Crippen molar-refractivity contribution < 1.29 is 4.79 Å². The highest BCUT2D eigenvalue weighted by molar-refractivity contribution is 9.09. The second-order valence-electron chi connectivity index (χ2n) is 3.77. The minimum absolute atomic E-state index is 0.0419. The van der Waals surface area contributed by atoms with E-state index in [9.17, 15) is 4.79 Å². The van der Waals surface area contributed by atoms with E-state index in [1.54, 1.807) is 18.2 Å². The van der Waals surface area contributed by atoms with Crippen molar-refractivity contribution in [2.24, 2.45) is 0 Å². The largest absolute Gasteiger partial charge is 0.293 e. The molecule has 0 radical (unpaired) electrons. The number of carbonyl (C=O) groups is 1. The van der Waals surface area contributed by atoms with E-state index in [2.05, 4.69) is 15.9 Å². The lowest BCUT2D eigenvalue weighted by Gasteiger charge is -2.09. The van der Waals surface area contributed by atoms with Crippen molar-refractivity contribution in [3.8, 4) is 0 Å². The molecule has 0 aliphatic carbocycles. The standard InChI is InChI=1S/C14H9BrCl2O/c15-13(9-4-2-1-3-5-9)14(18)10-6-7-11(16)12(17)8-10/h1-8,13H. The molecule has 0 bridgehead atoms. The molecule has 2 rings (SSSR count). The molecule has 0 aromatic heterocycles. The molecular weight excluding hydrogens is 335 g/mol. The molecule has 0 aliphatic rings. The van der Waals surface area contributed by atoms with Crippen LogP contribution in [-0.4, -0.2) is 5.78 Å². The molecule has 0 heterocycles. The smallest absolute Gasteiger partial charge is 0.180 e. The molecule has 0 spiro atoms. The SMILES string of the molecule is O=C(c1ccc(Cl)c(Cl)c1)C(Br)c1ccccc1. The minimum atomic E-state index is -0.379. The van der Waals surface area contributed by atoms with Crippen LogP contribution in [0.4, 0.5) is 0 Å². The molecule has 4 heteroatoms. The first-order valence-corrected chi connectivity index (χ1v) is 6.95. The van der Waals surface area contributed by atoms with Gasteiger partial charge in [0, 0.05) is 5.56 Å². The Balaban J connectivity index is 2.29. The van der Waals surface area contributed by atoms with Crippen molar-refractivity contribution in [2.75, 3.05) is 0 Å². The number of rotatable bonds is 3. The second kappa shape index (κ2) is 5.87. The van der Waals surface area contributed by atoms with Gasteiger partial charge in [0.2, 0.25) is 0 Å². The number of alkyl halides is 1. The van der Waals surface area contributed by atoms with E-state index in [0.29, 0.717) is 15.6 Å². The van der Waals surface area contributed by atoms with E-state index < -0.39 is 0 Å². The molecule has 0 aliphatic heterocycles. The van der Waals surface area contributed by atoms with Crippen LogP contribution in [0.3, 0.4) is 0 Å². The van der Waals surface area contributed by atoms with E-state index in [1.807, 2.05) is 30.3 Å². The summed E-state index contributed by atoms with van der Waals surface area (Å²) in [5.74, 6) is -0.0419. The summed E-state index contributed by atoms with van der Waals surface area (Å²) in [4.78, 5) is 11.9. The van der Waals surface area contributed by atoms with Crippen molar-refractivity contribution in [1.82, 2.24) is 0 Å². The maximum Gasteiger partial charge on any atom is 0.180 e. The number of ketones is 1. The predicted molar refractivity (Wildman–Crippen MR) is 78.9 cm³/mol. The van der Waals surface area contributed by atoms with Gasteiger partial charge in [0.25, 0.3) is 0 Å². The summed E-state index contributed by atoms with van der Waals surface area (Å²) in [5.41, 5.74) is 1.45. The molecule has 2 aromatic carbocycles. The third-order valence-corrected chi connectivity index (χ3v) is 4.21. The normalized spacial score (nSPS) is 12.2. The highest BCUT2D eigenvalue weighted by atomic mass is 79.9. The number of hydrogen-bond acceptors (Lipinski definition) is 1. The van der Waals surface area contributed by atoms with Gasteiger partial charge in [0.1, 0.15) is 4.83 Å². The Hall–Kier alpha value is -0.830. The fourth-order valence-electron chi connectivity index (χ4n) is 1.57. The van der Waals surface area contributed by atoms with Crippen LogP contribution in [0.15, 0.2) is 48.5 Å². The minimum Gasteiger partial charge on any atom is -0.293 e. The van der Waals surface area contributed by atoms with Gasteiger partial charge >= 0.3 is 0 Å². The van der Waals surface area contributed by atoms with Gasteiger partial charge in [-0.05, 0) is 23.8 Å². The number of benzene rings is 2. The predicted octanol–water partition coefficient (Wildman–Crippen LogP) is 5.31. The van der Waals surface area contributed by atoms with Gasteiger partial charge < -0.3 is 0 Å². The number of Topliss-reactive ketones (excluding diaryl/α,β-unsaturated/α-hetero) is 1. The van der Waals surface area contributed by atoms with Crippen molar-refractivity contribution in [1.29, 1.82) is 0 Å². The van der Waals surface area contributed by atoms with Gasteiger partial charge in [-0.15, -0.1) is 0 Å². The van der Waals surface area contributed by atoms with Crippen LogP contribution < -0.4 is 0 Å². The van der Waals surface area contributed by atoms with Crippen LogP contribution in [-0.2, 0) is 0 Å². The first-order chi connectivity index (χ1) is 8.59. The molecule has 0 amide bonds. The molecule has 0 saturated carbocycles. The zero-order valence-corrected chi connectivity index (χ0v) is 12.3. The molecule has 1 unspecified atom stereocenters. The number of carbonyl (C=O) groups excluding carboxylic acids is 1. The summed E-state index contributed by atoms with van der Waals surface area (Å²) in [6, 6.07) is 14.4. The van der Waals surface area contributed by atoms with Crippen molar-refractivity contribution >= 4 is 44.9 Å².